The van der Waals surface area contributed by atoms with E-state index in [1.54, 1.807) is 30.3 Å². The fraction of sp³-hybridized carbons (Fsp3) is 0.200. The Morgan fingerprint density at radius 3 is 2.54 bits per heavy atom. The van der Waals surface area contributed by atoms with E-state index in [4.69, 9.17) is 5.73 Å². The van der Waals surface area contributed by atoms with Crippen LogP contribution in [0.3, 0.4) is 0 Å². The van der Waals surface area contributed by atoms with E-state index in [2.05, 4.69) is 15.0 Å². The van der Waals surface area contributed by atoms with Crippen molar-refractivity contribution in [3.63, 3.8) is 0 Å². The molecule has 0 aliphatic rings. The minimum atomic E-state index is -3.72. The molecule has 0 aliphatic heterocycles. The highest BCUT2D eigenvalue weighted by atomic mass is 32.2. The van der Waals surface area contributed by atoms with Gasteiger partial charge in [-0.3, -0.25) is 9.52 Å². The van der Waals surface area contributed by atoms with Gasteiger partial charge in [0.2, 0.25) is 5.91 Å². The highest BCUT2D eigenvalue weighted by molar-refractivity contribution is 8.00. The number of carbonyl (C=O) groups excluding carboxylic acids is 1. The fourth-order valence-electron chi connectivity index (χ4n) is 1.78. The molecule has 0 bridgehead atoms. The van der Waals surface area contributed by atoms with Crippen molar-refractivity contribution in [2.45, 2.75) is 4.90 Å². The van der Waals surface area contributed by atoms with Gasteiger partial charge in [0, 0.05) is 24.2 Å². The van der Waals surface area contributed by atoms with Crippen LogP contribution in [-0.2, 0) is 14.8 Å². The topological polar surface area (TPSA) is 114 Å². The van der Waals surface area contributed by atoms with Crippen LogP contribution in [0.4, 0.5) is 11.5 Å². The lowest BCUT2D eigenvalue weighted by Gasteiger charge is -2.09. The summed E-state index contributed by atoms with van der Waals surface area (Å²) in [7, 11) is -3.72. The molecule has 0 atom stereocenters. The van der Waals surface area contributed by atoms with E-state index in [1.807, 2.05) is 0 Å². The minimum Gasteiger partial charge on any atom is -0.330 e. The van der Waals surface area contributed by atoms with E-state index in [9.17, 15) is 13.2 Å². The van der Waals surface area contributed by atoms with Crippen LogP contribution in [0.5, 0.6) is 0 Å². The molecule has 7 nitrogen and oxygen atoms in total. The summed E-state index contributed by atoms with van der Waals surface area (Å²) in [5.41, 5.74) is 5.89. The Hall–Kier alpha value is -2.10. The molecule has 0 spiro atoms. The number of pyridine rings is 1. The van der Waals surface area contributed by atoms with Crippen molar-refractivity contribution in [1.29, 1.82) is 0 Å². The molecule has 1 aromatic carbocycles. The average molecular weight is 366 g/mol. The van der Waals surface area contributed by atoms with Crippen LogP contribution in [0.1, 0.15) is 0 Å². The SMILES string of the molecule is NCCSCC(=O)Nc1ccc(S(=O)(=O)Nc2ccccn2)cc1. The van der Waals surface area contributed by atoms with Gasteiger partial charge in [-0.2, -0.15) is 11.8 Å². The summed E-state index contributed by atoms with van der Waals surface area (Å²) in [4.78, 5) is 15.7. The van der Waals surface area contributed by atoms with E-state index in [-0.39, 0.29) is 16.6 Å². The van der Waals surface area contributed by atoms with Gasteiger partial charge in [-0.15, -0.1) is 0 Å². The maximum atomic E-state index is 12.3. The number of anilines is 2. The van der Waals surface area contributed by atoms with Gasteiger partial charge in [0.05, 0.1) is 10.6 Å². The quantitative estimate of drug-likeness (QED) is 0.610. The van der Waals surface area contributed by atoms with Gasteiger partial charge in [-0.05, 0) is 36.4 Å². The summed E-state index contributed by atoms with van der Waals surface area (Å²) in [5.74, 6) is 1.10. The number of nitrogens with one attached hydrogen (secondary N) is 2. The molecule has 1 heterocycles. The number of sulfonamides is 1. The zero-order valence-corrected chi connectivity index (χ0v) is 14.4. The molecule has 0 saturated carbocycles. The number of thioether (sulfide) groups is 1. The molecule has 24 heavy (non-hydrogen) atoms. The van der Waals surface area contributed by atoms with Gasteiger partial charge in [0.15, 0.2) is 0 Å². The monoisotopic (exact) mass is 366 g/mol. The van der Waals surface area contributed by atoms with Crippen LogP contribution in [-0.4, -0.2) is 37.4 Å². The number of rotatable bonds is 8. The van der Waals surface area contributed by atoms with Crippen LogP contribution in [0.2, 0.25) is 0 Å². The third-order valence-electron chi connectivity index (χ3n) is 2.85. The lowest BCUT2D eigenvalue weighted by molar-refractivity contribution is -0.113. The Balaban J connectivity index is 1.99. The standard InChI is InChI=1S/C15H18N4O3S2/c16-8-10-23-11-15(20)18-12-4-6-13(7-5-12)24(21,22)19-14-3-1-2-9-17-14/h1-7,9H,8,10-11,16H2,(H,17,19)(H,18,20). The molecule has 128 valence electrons. The molecule has 0 unspecified atom stereocenters. The van der Waals surface area contributed by atoms with Crippen molar-refractivity contribution < 1.29 is 13.2 Å². The van der Waals surface area contributed by atoms with Crippen LogP contribution >= 0.6 is 11.8 Å². The molecule has 0 fully saturated rings. The predicted molar refractivity (Wildman–Crippen MR) is 96.5 cm³/mol. The van der Waals surface area contributed by atoms with Crippen molar-refractivity contribution in [3.05, 3.63) is 48.7 Å². The molecule has 4 N–H and O–H groups in total. The first-order valence-corrected chi connectivity index (χ1v) is 9.76. The van der Waals surface area contributed by atoms with E-state index in [0.717, 1.165) is 0 Å². The van der Waals surface area contributed by atoms with Crippen molar-refractivity contribution >= 4 is 39.2 Å². The second-order valence-electron chi connectivity index (χ2n) is 4.73. The van der Waals surface area contributed by atoms with Gasteiger partial charge in [-0.25, -0.2) is 13.4 Å². The highest BCUT2D eigenvalue weighted by Gasteiger charge is 2.14. The average Bonchev–Trinajstić information content (AvgIpc) is 2.56. The minimum absolute atomic E-state index is 0.0867. The number of benzene rings is 1. The van der Waals surface area contributed by atoms with E-state index < -0.39 is 10.0 Å². The zero-order valence-electron chi connectivity index (χ0n) is 12.8. The number of amides is 1. The van der Waals surface area contributed by atoms with Crippen LogP contribution in [0.25, 0.3) is 0 Å². The molecule has 0 radical (unpaired) electrons. The predicted octanol–water partition coefficient (Wildman–Crippen LogP) is 1.51. The van der Waals surface area contributed by atoms with E-state index >= 15 is 0 Å². The number of hydrogen-bond donors (Lipinski definition) is 3. The molecule has 0 aliphatic carbocycles. The maximum absolute atomic E-state index is 12.3. The first-order valence-electron chi connectivity index (χ1n) is 7.13. The molecule has 0 saturated heterocycles. The Morgan fingerprint density at radius 2 is 1.92 bits per heavy atom. The van der Waals surface area contributed by atoms with Crippen molar-refractivity contribution in [2.75, 3.05) is 28.1 Å². The third kappa shape index (κ3) is 5.52. The first-order chi connectivity index (χ1) is 11.5. The highest BCUT2D eigenvalue weighted by Crippen LogP contribution is 2.17. The molecule has 1 aromatic heterocycles. The fourth-order valence-corrected chi connectivity index (χ4v) is 3.36. The lowest BCUT2D eigenvalue weighted by Crippen LogP contribution is -2.16. The summed E-state index contributed by atoms with van der Waals surface area (Å²) in [6, 6.07) is 10.9. The Bertz CT molecular complexity index is 765. The number of aromatic nitrogens is 1. The number of nitrogens with zero attached hydrogens (tertiary/aromatic N) is 1. The number of hydrogen-bond acceptors (Lipinski definition) is 6. The van der Waals surface area contributed by atoms with Gasteiger partial charge in [0.25, 0.3) is 10.0 Å². The molecular weight excluding hydrogens is 348 g/mol. The first kappa shape index (κ1) is 18.2. The van der Waals surface area contributed by atoms with Gasteiger partial charge in [-0.1, -0.05) is 6.07 Å². The van der Waals surface area contributed by atoms with Gasteiger partial charge >= 0.3 is 0 Å². The van der Waals surface area contributed by atoms with E-state index in [0.29, 0.717) is 23.7 Å². The van der Waals surface area contributed by atoms with Crippen molar-refractivity contribution in [2.24, 2.45) is 5.73 Å². The van der Waals surface area contributed by atoms with Crippen LogP contribution < -0.4 is 15.8 Å². The summed E-state index contributed by atoms with van der Waals surface area (Å²) < 4.78 is 26.9. The summed E-state index contributed by atoms with van der Waals surface area (Å²) in [6.45, 7) is 0.522. The summed E-state index contributed by atoms with van der Waals surface area (Å²) in [6.07, 6.45) is 1.50. The van der Waals surface area contributed by atoms with E-state index in [1.165, 1.54) is 30.1 Å². The molecule has 2 aromatic rings. The molecule has 9 heteroatoms. The Morgan fingerprint density at radius 1 is 1.17 bits per heavy atom. The smallest absolute Gasteiger partial charge is 0.263 e. The van der Waals surface area contributed by atoms with Crippen LogP contribution in [0.15, 0.2) is 53.6 Å². The lowest BCUT2D eigenvalue weighted by atomic mass is 10.3. The van der Waals surface area contributed by atoms with Gasteiger partial charge in [0.1, 0.15) is 5.82 Å². The summed E-state index contributed by atoms with van der Waals surface area (Å²) >= 11 is 1.44. The van der Waals surface area contributed by atoms with Crippen molar-refractivity contribution in [1.82, 2.24) is 4.98 Å². The molecular formula is C15H18N4O3S2. The second-order valence-corrected chi connectivity index (χ2v) is 7.52. The largest absolute Gasteiger partial charge is 0.330 e. The normalized spacial score (nSPS) is 11.0. The number of nitrogens with two attached hydrogens (primary N) is 1. The number of carbonyl (C=O) groups is 1. The van der Waals surface area contributed by atoms with Crippen LogP contribution in [0, 0.1) is 0 Å². The van der Waals surface area contributed by atoms with Gasteiger partial charge < -0.3 is 11.1 Å². The Kier molecular flexibility index (Phi) is 6.59. The van der Waals surface area contributed by atoms with Crippen molar-refractivity contribution in [3.8, 4) is 0 Å². The summed E-state index contributed by atoms with van der Waals surface area (Å²) in [5, 5.41) is 2.70. The zero-order chi connectivity index (χ0) is 17.4. The molecule has 1 amide bonds. The third-order valence-corrected chi connectivity index (χ3v) is 5.21. The maximum Gasteiger partial charge on any atom is 0.263 e. The molecule has 2 rings (SSSR count). The second kappa shape index (κ2) is 8.67. The Labute approximate surface area is 145 Å².